The molecule has 0 atom stereocenters. The normalized spacial score (nSPS) is 11.2. The smallest absolute Gasteiger partial charge is 0.207 e. The van der Waals surface area contributed by atoms with Crippen LogP contribution in [0.2, 0.25) is 0 Å². The fraction of sp³-hybridized carbons (Fsp3) is 0. The van der Waals surface area contributed by atoms with Crippen LogP contribution in [0.25, 0.3) is 0 Å². The summed E-state index contributed by atoms with van der Waals surface area (Å²) in [6, 6.07) is 2.60. The highest BCUT2D eigenvalue weighted by atomic mass is 27.2. The van der Waals surface area contributed by atoms with Gasteiger partial charge in [0.15, 0.2) is 58.2 Å². The molecule has 0 aliphatic carbocycles. The minimum absolute atomic E-state index is 0.581. The maximum Gasteiger partial charge on any atom is 0.403 e. The standard InChI is InChI=1S/2C6F5.C6H4F.Al/c2*7-2-1-3(8)5(10)6(11)4(2)9;7-6-4-2-1-3-5-6;/h;;2-5H;. The quantitative estimate of drug-likeness (QED) is 0.244. The zero-order chi connectivity index (χ0) is 22.5. The SMILES string of the molecule is Fc1cc[c]([Al]([c]2c(F)c(F)c(F)c(F)c2F)[c]2c(F)c(F)c(F)c(F)c2F)cc1. The largest absolute Gasteiger partial charge is 0.403 e. The van der Waals surface area contributed by atoms with Crippen molar-refractivity contribution in [1.29, 1.82) is 0 Å². The van der Waals surface area contributed by atoms with Gasteiger partial charge >= 0.3 is 14.1 Å². The van der Waals surface area contributed by atoms with Crippen LogP contribution in [-0.4, -0.2) is 14.1 Å². The Hall–Kier alpha value is -2.58. The Balaban J connectivity index is 2.50. The lowest BCUT2D eigenvalue weighted by atomic mass is 10.3. The molecule has 0 nitrogen and oxygen atoms in total. The van der Waals surface area contributed by atoms with Crippen molar-refractivity contribution in [3.05, 3.63) is 88.3 Å². The number of halogens is 11. The highest BCUT2D eigenvalue weighted by Gasteiger charge is 2.42. The Bertz CT molecular complexity index is 1030. The maximum atomic E-state index is 14.4. The molecule has 0 saturated heterocycles. The van der Waals surface area contributed by atoms with Crippen molar-refractivity contribution in [2.75, 3.05) is 0 Å². The average Bonchev–Trinajstić information content (AvgIpc) is 2.73. The molecular formula is C18H4AlF11. The van der Waals surface area contributed by atoms with Gasteiger partial charge in [-0.2, -0.15) is 0 Å². The molecule has 0 heterocycles. The Morgan fingerprint density at radius 3 is 0.933 bits per heavy atom. The van der Waals surface area contributed by atoms with E-state index in [9.17, 15) is 48.3 Å². The lowest BCUT2D eigenvalue weighted by Gasteiger charge is -2.18. The van der Waals surface area contributed by atoms with Gasteiger partial charge in [0.1, 0.15) is 5.82 Å². The molecule has 0 spiro atoms. The van der Waals surface area contributed by atoms with Crippen molar-refractivity contribution >= 4 is 27.4 Å². The van der Waals surface area contributed by atoms with Crippen molar-refractivity contribution in [2.45, 2.75) is 0 Å². The van der Waals surface area contributed by atoms with Gasteiger partial charge in [0.05, 0.1) is 0 Å². The first kappa shape index (κ1) is 22.1. The number of benzene rings is 3. The zero-order valence-electron chi connectivity index (χ0n) is 14.0. The van der Waals surface area contributed by atoms with Crippen LogP contribution in [-0.2, 0) is 0 Å². The topological polar surface area (TPSA) is 0 Å². The average molecular weight is 456 g/mol. The molecule has 0 bridgehead atoms. The maximum absolute atomic E-state index is 14.4. The number of hydrogen-bond acceptors (Lipinski definition) is 0. The van der Waals surface area contributed by atoms with Gasteiger partial charge in [-0.05, 0) is 21.0 Å². The number of hydrogen-bond donors (Lipinski definition) is 0. The van der Waals surface area contributed by atoms with Crippen LogP contribution in [0.15, 0.2) is 24.3 Å². The monoisotopic (exact) mass is 456 g/mol. The second-order valence-corrected chi connectivity index (χ2v) is 8.64. The van der Waals surface area contributed by atoms with Crippen LogP contribution in [0.1, 0.15) is 0 Å². The summed E-state index contributed by atoms with van der Waals surface area (Å²) in [5, 5.41) is 0. The molecule has 156 valence electrons. The molecule has 0 amide bonds. The minimum atomic E-state index is -4.60. The molecule has 0 aromatic heterocycles. The minimum Gasteiger partial charge on any atom is -0.207 e. The fourth-order valence-corrected chi connectivity index (χ4v) is 5.94. The molecule has 0 radical (unpaired) electrons. The summed E-state index contributed by atoms with van der Waals surface area (Å²) in [6.45, 7) is 0. The molecule has 3 rings (SSSR count). The summed E-state index contributed by atoms with van der Waals surface area (Å²) in [5.74, 6) is -26.1. The first-order valence-electron chi connectivity index (χ1n) is 7.77. The van der Waals surface area contributed by atoms with Crippen molar-refractivity contribution < 1.29 is 48.3 Å². The third-order valence-corrected chi connectivity index (χ3v) is 7.49. The Labute approximate surface area is 164 Å². The first-order chi connectivity index (χ1) is 14.0. The van der Waals surface area contributed by atoms with Gasteiger partial charge in [-0.1, -0.05) is 16.6 Å². The molecular weight excluding hydrogens is 452 g/mol. The van der Waals surface area contributed by atoms with Gasteiger partial charge in [0.25, 0.3) is 0 Å². The third kappa shape index (κ3) is 3.34. The molecule has 0 unspecified atom stereocenters. The van der Waals surface area contributed by atoms with E-state index in [2.05, 4.69) is 0 Å². The Kier molecular flexibility index (Phi) is 5.84. The van der Waals surface area contributed by atoms with E-state index in [1.54, 1.807) is 0 Å². The summed E-state index contributed by atoms with van der Waals surface area (Å²) >= 11 is -4.60. The lowest BCUT2D eigenvalue weighted by Crippen LogP contribution is -2.58. The summed E-state index contributed by atoms with van der Waals surface area (Å²) in [7, 11) is 0. The van der Waals surface area contributed by atoms with E-state index in [-0.39, 0.29) is 0 Å². The van der Waals surface area contributed by atoms with Gasteiger partial charge in [-0.3, -0.25) is 0 Å². The van der Waals surface area contributed by atoms with Crippen LogP contribution in [0.3, 0.4) is 0 Å². The molecule has 0 saturated carbocycles. The van der Waals surface area contributed by atoms with E-state index in [0.717, 1.165) is 0 Å². The van der Waals surface area contributed by atoms with Crippen LogP contribution in [0.4, 0.5) is 48.3 Å². The number of rotatable bonds is 3. The molecule has 0 aliphatic heterocycles. The molecule has 12 heteroatoms. The zero-order valence-corrected chi connectivity index (χ0v) is 15.2. The van der Waals surface area contributed by atoms with Gasteiger partial charge < -0.3 is 0 Å². The van der Waals surface area contributed by atoms with Crippen molar-refractivity contribution in [2.24, 2.45) is 0 Å². The lowest BCUT2D eigenvalue weighted by molar-refractivity contribution is 0.382. The van der Waals surface area contributed by atoms with Crippen LogP contribution < -0.4 is 13.3 Å². The van der Waals surface area contributed by atoms with E-state index < -0.39 is 91.4 Å². The van der Waals surface area contributed by atoms with E-state index >= 15 is 0 Å². The predicted molar refractivity (Wildman–Crippen MR) is 83.5 cm³/mol. The Morgan fingerprint density at radius 2 is 0.633 bits per heavy atom. The third-order valence-electron chi connectivity index (χ3n) is 4.27. The molecule has 0 aliphatic rings. The van der Waals surface area contributed by atoms with Crippen LogP contribution in [0, 0.1) is 64.0 Å². The molecule has 0 N–H and O–H groups in total. The van der Waals surface area contributed by atoms with E-state index in [0.29, 0.717) is 24.3 Å². The van der Waals surface area contributed by atoms with Gasteiger partial charge in [-0.15, -0.1) is 0 Å². The second kappa shape index (κ2) is 7.92. The van der Waals surface area contributed by atoms with Crippen molar-refractivity contribution in [1.82, 2.24) is 0 Å². The Morgan fingerprint density at radius 1 is 0.367 bits per heavy atom. The predicted octanol–water partition coefficient (Wildman–Crippen LogP) is 3.73. The summed E-state index contributed by atoms with van der Waals surface area (Å²) < 4.78 is 148. The van der Waals surface area contributed by atoms with Crippen LogP contribution in [0.5, 0.6) is 0 Å². The summed E-state index contributed by atoms with van der Waals surface area (Å²) in [6.07, 6.45) is 0. The molecule has 0 fully saturated rings. The fourth-order valence-electron chi connectivity index (χ4n) is 2.88. The highest BCUT2D eigenvalue weighted by molar-refractivity contribution is 6.95. The van der Waals surface area contributed by atoms with Crippen LogP contribution >= 0.6 is 0 Å². The first-order valence-corrected chi connectivity index (χ1v) is 9.50. The second-order valence-electron chi connectivity index (χ2n) is 5.95. The van der Waals surface area contributed by atoms with E-state index in [1.807, 2.05) is 0 Å². The summed E-state index contributed by atoms with van der Waals surface area (Å²) in [4.78, 5) is 0. The van der Waals surface area contributed by atoms with Gasteiger partial charge in [-0.25, -0.2) is 48.3 Å². The van der Waals surface area contributed by atoms with Gasteiger partial charge in [0.2, 0.25) is 0 Å². The van der Waals surface area contributed by atoms with Crippen molar-refractivity contribution in [3.63, 3.8) is 0 Å². The highest BCUT2D eigenvalue weighted by Crippen LogP contribution is 2.20. The van der Waals surface area contributed by atoms with E-state index in [1.165, 1.54) is 0 Å². The van der Waals surface area contributed by atoms with Gasteiger partial charge in [0, 0.05) is 0 Å². The molecule has 3 aromatic carbocycles. The molecule has 30 heavy (non-hydrogen) atoms. The molecule has 3 aromatic rings. The van der Waals surface area contributed by atoms with Crippen molar-refractivity contribution in [3.8, 4) is 0 Å². The summed E-state index contributed by atoms with van der Waals surface area (Å²) in [5.41, 5.74) is 0. The van der Waals surface area contributed by atoms with E-state index in [4.69, 9.17) is 0 Å².